The maximum Gasteiger partial charge on any atom is 0.129 e. The second kappa shape index (κ2) is 7.43. The molecule has 2 N–H and O–H groups in total. The van der Waals surface area contributed by atoms with Crippen molar-refractivity contribution in [2.24, 2.45) is 5.92 Å². The van der Waals surface area contributed by atoms with Gasteiger partial charge in [0.05, 0.1) is 6.54 Å². The number of aliphatic hydroxyl groups excluding tert-OH is 1. The molecule has 0 saturated carbocycles. The SMILES string of the molecule is CCc1ccc(C(NCc2ccc(CO)o2)C(C)C)cc1. The lowest BCUT2D eigenvalue weighted by Gasteiger charge is -2.23. The summed E-state index contributed by atoms with van der Waals surface area (Å²) >= 11 is 0. The number of nitrogens with one attached hydrogen (secondary N) is 1. The van der Waals surface area contributed by atoms with Crippen molar-refractivity contribution < 1.29 is 9.52 Å². The largest absolute Gasteiger partial charge is 0.462 e. The highest BCUT2D eigenvalue weighted by Crippen LogP contribution is 2.23. The number of hydrogen-bond donors (Lipinski definition) is 2. The van der Waals surface area contributed by atoms with E-state index in [9.17, 15) is 0 Å². The fourth-order valence-electron chi connectivity index (χ4n) is 2.51. The van der Waals surface area contributed by atoms with E-state index in [0.29, 0.717) is 24.3 Å². The predicted molar refractivity (Wildman–Crippen MR) is 84.9 cm³/mol. The quantitative estimate of drug-likeness (QED) is 0.813. The summed E-state index contributed by atoms with van der Waals surface area (Å²) < 4.78 is 5.52. The summed E-state index contributed by atoms with van der Waals surface area (Å²) in [6.07, 6.45) is 1.07. The third-order valence-electron chi connectivity index (χ3n) is 3.78. The van der Waals surface area contributed by atoms with Crippen LogP contribution in [0.25, 0.3) is 0 Å². The first kappa shape index (κ1) is 15.8. The molecule has 0 saturated heterocycles. The number of furan rings is 1. The molecule has 3 heteroatoms. The van der Waals surface area contributed by atoms with Crippen molar-refractivity contribution in [3.63, 3.8) is 0 Å². The number of benzene rings is 1. The fourth-order valence-corrected chi connectivity index (χ4v) is 2.51. The van der Waals surface area contributed by atoms with Crippen LogP contribution in [0.2, 0.25) is 0 Å². The van der Waals surface area contributed by atoms with Gasteiger partial charge in [-0.2, -0.15) is 0 Å². The minimum Gasteiger partial charge on any atom is -0.462 e. The summed E-state index contributed by atoms with van der Waals surface area (Å²) in [4.78, 5) is 0. The molecule has 114 valence electrons. The Labute approximate surface area is 127 Å². The fraction of sp³-hybridized carbons (Fsp3) is 0.444. The molecule has 1 atom stereocenters. The van der Waals surface area contributed by atoms with Crippen LogP contribution >= 0.6 is 0 Å². The van der Waals surface area contributed by atoms with Gasteiger partial charge in [0.2, 0.25) is 0 Å². The van der Waals surface area contributed by atoms with Crippen molar-refractivity contribution >= 4 is 0 Å². The molecule has 2 rings (SSSR count). The van der Waals surface area contributed by atoms with Gasteiger partial charge in [0, 0.05) is 6.04 Å². The third kappa shape index (κ3) is 4.19. The topological polar surface area (TPSA) is 45.4 Å². The van der Waals surface area contributed by atoms with Crippen LogP contribution in [0.4, 0.5) is 0 Å². The lowest BCUT2D eigenvalue weighted by atomic mass is 9.95. The predicted octanol–water partition coefficient (Wildman–Crippen LogP) is 3.82. The van der Waals surface area contributed by atoms with Gasteiger partial charge in [-0.3, -0.25) is 0 Å². The Balaban J connectivity index is 2.04. The van der Waals surface area contributed by atoms with Gasteiger partial charge in [0.1, 0.15) is 18.1 Å². The molecule has 2 aromatic rings. The summed E-state index contributed by atoms with van der Waals surface area (Å²) in [5, 5.41) is 12.6. The van der Waals surface area contributed by atoms with Crippen LogP contribution in [0, 0.1) is 5.92 Å². The van der Waals surface area contributed by atoms with E-state index in [1.165, 1.54) is 11.1 Å². The van der Waals surface area contributed by atoms with Crippen molar-refractivity contribution in [1.29, 1.82) is 0 Å². The summed E-state index contributed by atoms with van der Waals surface area (Å²) in [6.45, 7) is 7.21. The van der Waals surface area contributed by atoms with Crippen LogP contribution in [0.15, 0.2) is 40.8 Å². The number of aryl methyl sites for hydroxylation is 1. The zero-order valence-electron chi connectivity index (χ0n) is 13.1. The van der Waals surface area contributed by atoms with E-state index in [1.54, 1.807) is 0 Å². The number of aliphatic hydroxyl groups is 1. The van der Waals surface area contributed by atoms with E-state index < -0.39 is 0 Å². The molecular weight excluding hydrogens is 262 g/mol. The minimum absolute atomic E-state index is 0.0495. The van der Waals surface area contributed by atoms with E-state index in [-0.39, 0.29) is 6.61 Å². The van der Waals surface area contributed by atoms with E-state index in [0.717, 1.165) is 12.2 Å². The molecule has 3 nitrogen and oxygen atoms in total. The maximum absolute atomic E-state index is 9.03. The molecule has 1 unspecified atom stereocenters. The smallest absolute Gasteiger partial charge is 0.129 e. The molecule has 1 aromatic carbocycles. The Morgan fingerprint density at radius 3 is 2.24 bits per heavy atom. The molecule has 0 radical (unpaired) electrons. The number of rotatable bonds is 7. The molecule has 21 heavy (non-hydrogen) atoms. The van der Waals surface area contributed by atoms with Crippen LogP contribution in [-0.2, 0) is 19.6 Å². The van der Waals surface area contributed by atoms with Gasteiger partial charge in [-0.1, -0.05) is 45.0 Å². The van der Waals surface area contributed by atoms with Gasteiger partial charge in [0.25, 0.3) is 0 Å². The van der Waals surface area contributed by atoms with Crippen molar-refractivity contribution in [1.82, 2.24) is 5.32 Å². The van der Waals surface area contributed by atoms with Crippen molar-refractivity contribution in [2.45, 2.75) is 46.4 Å². The Morgan fingerprint density at radius 2 is 1.71 bits per heavy atom. The summed E-state index contributed by atoms with van der Waals surface area (Å²) in [5.41, 5.74) is 2.66. The Hall–Kier alpha value is -1.58. The Kier molecular flexibility index (Phi) is 5.59. The van der Waals surface area contributed by atoms with E-state index in [2.05, 4.69) is 50.4 Å². The standard InChI is InChI=1S/C18H25NO2/c1-4-14-5-7-15(8-6-14)18(13(2)3)19-11-16-9-10-17(12-20)21-16/h5-10,13,18-20H,4,11-12H2,1-3H3. The zero-order valence-corrected chi connectivity index (χ0v) is 13.1. The molecule has 0 aliphatic carbocycles. The normalized spacial score (nSPS) is 12.8. The van der Waals surface area contributed by atoms with E-state index in [4.69, 9.17) is 9.52 Å². The van der Waals surface area contributed by atoms with Crippen LogP contribution in [0.3, 0.4) is 0 Å². The lowest BCUT2D eigenvalue weighted by Crippen LogP contribution is -2.25. The highest BCUT2D eigenvalue weighted by atomic mass is 16.4. The second-order valence-corrected chi connectivity index (χ2v) is 5.72. The molecule has 0 fully saturated rings. The van der Waals surface area contributed by atoms with Crippen molar-refractivity contribution in [3.05, 3.63) is 59.0 Å². The maximum atomic E-state index is 9.03. The highest BCUT2D eigenvalue weighted by molar-refractivity contribution is 5.25. The number of hydrogen-bond acceptors (Lipinski definition) is 3. The van der Waals surface area contributed by atoms with Gasteiger partial charge in [0.15, 0.2) is 0 Å². The highest BCUT2D eigenvalue weighted by Gasteiger charge is 2.15. The van der Waals surface area contributed by atoms with Crippen molar-refractivity contribution in [3.8, 4) is 0 Å². The average molecular weight is 287 g/mol. The first-order valence-corrected chi connectivity index (χ1v) is 7.64. The average Bonchev–Trinajstić information content (AvgIpc) is 2.96. The summed E-state index contributed by atoms with van der Waals surface area (Å²) in [5.74, 6) is 1.96. The Morgan fingerprint density at radius 1 is 1.05 bits per heavy atom. The summed E-state index contributed by atoms with van der Waals surface area (Å²) in [7, 11) is 0. The third-order valence-corrected chi connectivity index (χ3v) is 3.78. The molecule has 0 bridgehead atoms. The van der Waals surface area contributed by atoms with Gasteiger partial charge in [-0.25, -0.2) is 0 Å². The van der Waals surface area contributed by atoms with Gasteiger partial charge in [-0.05, 0) is 35.6 Å². The van der Waals surface area contributed by atoms with E-state index in [1.807, 2.05) is 12.1 Å². The molecule has 0 spiro atoms. The van der Waals surface area contributed by atoms with E-state index >= 15 is 0 Å². The van der Waals surface area contributed by atoms with Gasteiger partial charge >= 0.3 is 0 Å². The molecule has 0 amide bonds. The van der Waals surface area contributed by atoms with Crippen LogP contribution in [0.1, 0.15) is 49.5 Å². The zero-order chi connectivity index (χ0) is 15.2. The lowest BCUT2D eigenvalue weighted by molar-refractivity contribution is 0.241. The van der Waals surface area contributed by atoms with Crippen molar-refractivity contribution in [2.75, 3.05) is 0 Å². The van der Waals surface area contributed by atoms with Crippen LogP contribution in [-0.4, -0.2) is 5.11 Å². The van der Waals surface area contributed by atoms with Crippen LogP contribution in [0.5, 0.6) is 0 Å². The molecule has 1 aromatic heterocycles. The second-order valence-electron chi connectivity index (χ2n) is 5.72. The minimum atomic E-state index is -0.0495. The Bertz CT molecular complexity index is 543. The molecular formula is C18H25NO2. The first-order chi connectivity index (χ1) is 10.1. The molecule has 0 aliphatic heterocycles. The first-order valence-electron chi connectivity index (χ1n) is 7.64. The summed E-state index contributed by atoms with van der Waals surface area (Å²) in [6, 6.07) is 12.8. The van der Waals surface area contributed by atoms with Gasteiger partial charge < -0.3 is 14.8 Å². The molecule has 1 heterocycles. The monoisotopic (exact) mass is 287 g/mol. The van der Waals surface area contributed by atoms with Crippen LogP contribution < -0.4 is 5.32 Å². The molecule has 0 aliphatic rings. The van der Waals surface area contributed by atoms with Gasteiger partial charge in [-0.15, -0.1) is 0 Å².